The number of rotatable bonds is 3. The first-order valence-electron chi connectivity index (χ1n) is 6.42. The zero-order valence-corrected chi connectivity index (χ0v) is 11.0. The second-order valence-corrected chi connectivity index (χ2v) is 5.14. The molecular weight excluding hydrogens is 271 g/mol. The number of alkyl halides is 3. The maximum Gasteiger partial charge on any atom is 0.416 e. The van der Waals surface area contributed by atoms with Crippen LogP contribution in [0.15, 0.2) is 24.3 Å². The summed E-state index contributed by atoms with van der Waals surface area (Å²) in [4.78, 5) is 12.9. The zero-order valence-electron chi connectivity index (χ0n) is 11.0. The summed E-state index contributed by atoms with van der Waals surface area (Å²) >= 11 is 0. The van der Waals surface area contributed by atoms with Crippen LogP contribution < -0.4 is 0 Å². The van der Waals surface area contributed by atoms with E-state index in [-0.39, 0.29) is 6.04 Å². The van der Waals surface area contributed by atoms with E-state index in [1.807, 2.05) is 4.90 Å². The van der Waals surface area contributed by atoms with E-state index in [4.69, 9.17) is 5.11 Å². The molecule has 1 saturated heterocycles. The van der Waals surface area contributed by atoms with E-state index in [2.05, 4.69) is 0 Å². The Morgan fingerprint density at radius 3 is 2.70 bits per heavy atom. The quantitative estimate of drug-likeness (QED) is 0.929. The summed E-state index contributed by atoms with van der Waals surface area (Å²) in [5, 5.41) is 9.04. The summed E-state index contributed by atoms with van der Waals surface area (Å²) < 4.78 is 37.9. The molecular formula is C14H16F3NO2. The van der Waals surface area contributed by atoms with Gasteiger partial charge in [0, 0.05) is 12.6 Å². The van der Waals surface area contributed by atoms with Crippen LogP contribution in [0.5, 0.6) is 0 Å². The van der Waals surface area contributed by atoms with Gasteiger partial charge in [-0.05, 0) is 31.5 Å². The van der Waals surface area contributed by atoms with E-state index in [0.29, 0.717) is 25.1 Å². The number of hydrogen-bond acceptors (Lipinski definition) is 2. The van der Waals surface area contributed by atoms with E-state index >= 15 is 0 Å². The lowest BCUT2D eigenvalue weighted by atomic mass is 10.0. The van der Waals surface area contributed by atoms with E-state index < -0.39 is 23.6 Å². The summed E-state index contributed by atoms with van der Waals surface area (Å²) in [6.07, 6.45) is -3.81. The Balaban J connectivity index is 2.10. The molecule has 2 rings (SSSR count). The van der Waals surface area contributed by atoms with E-state index in [9.17, 15) is 18.0 Å². The lowest BCUT2D eigenvalue weighted by Crippen LogP contribution is -2.32. The molecule has 0 aromatic heterocycles. The molecule has 3 nitrogen and oxygen atoms in total. The Labute approximate surface area is 115 Å². The predicted molar refractivity (Wildman–Crippen MR) is 67.1 cm³/mol. The highest BCUT2D eigenvalue weighted by Gasteiger charge is 2.36. The zero-order chi connectivity index (χ0) is 14.9. The highest BCUT2D eigenvalue weighted by atomic mass is 19.4. The van der Waals surface area contributed by atoms with Gasteiger partial charge < -0.3 is 5.11 Å². The summed E-state index contributed by atoms with van der Waals surface area (Å²) in [5.74, 6) is -1.29. The fraction of sp³-hybridized carbons (Fsp3) is 0.500. The fourth-order valence-corrected chi connectivity index (χ4v) is 2.64. The molecule has 1 heterocycles. The maximum absolute atomic E-state index is 12.6. The lowest BCUT2D eigenvalue weighted by molar-refractivity contribution is -0.142. The molecule has 0 amide bonds. The van der Waals surface area contributed by atoms with Crippen LogP contribution in [0.1, 0.15) is 24.5 Å². The number of carbonyl (C=O) groups is 1. The van der Waals surface area contributed by atoms with Crippen molar-refractivity contribution >= 4 is 5.97 Å². The van der Waals surface area contributed by atoms with Gasteiger partial charge in [0.15, 0.2) is 0 Å². The van der Waals surface area contributed by atoms with Gasteiger partial charge in [-0.1, -0.05) is 18.2 Å². The normalized spacial score (nSPS) is 24.0. The number of aliphatic carboxylic acids is 1. The van der Waals surface area contributed by atoms with Crippen molar-refractivity contribution in [3.05, 3.63) is 35.4 Å². The van der Waals surface area contributed by atoms with Gasteiger partial charge in [-0.25, -0.2) is 0 Å². The first kappa shape index (κ1) is 14.8. The predicted octanol–water partition coefficient (Wildman–Crippen LogP) is 3.00. The summed E-state index contributed by atoms with van der Waals surface area (Å²) in [7, 11) is 0. The van der Waals surface area contributed by atoms with Crippen LogP contribution in [0.25, 0.3) is 0 Å². The standard InChI is InChI=1S/C14H16F3NO2/c1-9-12(13(19)20)5-6-18(9)8-10-3-2-4-11(7-10)14(15,16)17/h2-4,7,9,12H,5-6,8H2,1H3,(H,19,20). The molecule has 0 radical (unpaired) electrons. The van der Waals surface area contributed by atoms with E-state index in [1.54, 1.807) is 13.0 Å². The van der Waals surface area contributed by atoms with Crippen molar-refractivity contribution in [2.75, 3.05) is 6.54 Å². The van der Waals surface area contributed by atoms with Crippen molar-refractivity contribution < 1.29 is 23.1 Å². The van der Waals surface area contributed by atoms with Gasteiger partial charge in [0.1, 0.15) is 0 Å². The van der Waals surface area contributed by atoms with Gasteiger partial charge in [-0.15, -0.1) is 0 Å². The number of carboxylic acids is 1. The number of nitrogens with zero attached hydrogens (tertiary/aromatic N) is 1. The van der Waals surface area contributed by atoms with Crippen LogP contribution in [-0.2, 0) is 17.5 Å². The van der Waals surface area contributed by atoms with Crippen molar-refractivity contribution in [1.82, 2.24) is 4.90 Å². The maximum atomic E-state index is 12.6. The largest absolute Gasteiger partial charge is 0.481 e. The molecule has 20 heavy (non-hydrogen) atoms. The minimum atomic E-state index is -4.35. The monoisotopic (exact) mass is 287 g/mol. The molecule has 1 fully saturated rings. The van der Waals surface area contributed by atoms with Crippen LogP contribution in [-0.4, -0.2) is 28.6 Å². The average molecular weight is 287 g/mol. The number of halogens is 3. The third-order valence-corrected chi connectivity index (χ3v) is 3.84. The van der Waals surface area contributed by atoms with Crippen LogP contribution in [0.2, 0.25) is 0 Å². The van der Waals surface area contributed by atoms with Crippen molar-refractivity contribution in [1.29, 1.82) is 0 Å². The van der Waals surface area contributed by atoms with Gasteiger partial charge in [0.2, 0.25) is 0 Å². The van der Waals surface area contributed by atoms with Gasteiger partial charge >= 0.3 is 12.1 Å². The van der Waals surface area contributed by atoms with Crippen molar-refractivity contribution in [3.63, 3.8) is 0 Å². The summed E-state index contributed by atoms with van der Waals surface area (Å²) in [5.41, 5.74) is -0.116. The minimum Gasteiger partial charge on any atom is -0.481 e. The van der Waals surface area contributed by atoms with Gasteiger partial charge in [-0.2, -0.15) is 13.2 Å². The van der Waals surface area contributed by atoms with Crippen molar-refractivity contribution in [3.8, 4) is 0 Å². The molecule has 2 unspecified atom stereocenters. The number of carboxylic acid groups (broad SMARTS) is 1. The summed E-state index contributed by atoms with van der Waals surface area (Å²) in [6.45, 7) is 2.74. The number of benzene rings is 1. The topological polar surface area (TPSA) is 40.5 Å². The number of likely N-dealkylation sites (tertiary alicyclic amines) is 1. The highest BCUT2D eigenvalue weighted by Crippen LogP contribution is 2.31. The van der Waals surface area contributed by atoms with E-state index in [1.165, 1.54) is 6.07 Å². The Hall–Kier alpha value is -1.56. The fourth-order valence-electron chi connectivity index (χ4n) is 2.64. The van der Waals surface area contributed by atoms with E-state index in [0.717, 1.165) is 12.1 Å². The highest BCUT2D eigenvalue weighted by molar-refractivity contribution is 5.71. The van der Waals surface area contributed by atoms with Gasteiger partial charge in [0.25, 0.3) is 0 Å². The second-order valence-electron chi connectivity index (χ2n) is 5.14. The van der Waals surface area contributed by atoms with Crippen LogP contribution >= 0.6 is 0 Å². The molecule has 2 atom stereocenters. The molecule has 0 saturated carbocycles. The molecule has 1 aliphatic heterocycles. The Morgan fingerprint density at radius 2 is 2.15 bits per heavy atom. The van der Waals surface area contributed by atoms with Gasteiger partial charge in [-0.3, -0.25) is 9.69 Å². The summed E-state index contributed by atoms with van der Waals surface area (Å²) in [6, 6.07) is 5.02. The lowest BCUT2D eigenvalue weighted by Gasteiger charge is -2.23. The molecule has 1 N–H and O–H groups in total. The Bertz CT molecular complexity index is 501. The van der Waals surface area contributed by atoms with Crippen molar-refractivity contribution in [2.45, 2.75) is 32.1 Å². The molecule has 0 bridgehead atoms. The molecule has 1 aromatic carbocycles. The smallest absolute Gasteiger partial charge is 0.416 e. The van der Waals surface area contributed by atoms with Gasteiger partial charge in [0.05, 0.1) is 11.5 Å². The molecule has 1 aromatic rings. The first-order valence-corrected chi connectivity index (χ1v) is 6.42. The average Bonchev–Trinajstić information content (AvgIpc) is 2.70. The minimum absolute atomic E-state index is 0.165. The van der Waals surface area contributed by atoms with Crippen LogP contribution in [0, 0.1) is 5.92 Å². The molecule has 1 aliphatic rings. The molecule has 110 valence electrons. The molecule has 0 aliphatic carbocycles. The van der Waals surface area contributed by atoms with Crippen molar-refractivity contribution in [2.24, 2.45) is 5.92 Å². The third-order valence-electron chi connectivity index (χ3n) is 3.84. The Kier molecular flexibility index (Phi) is 4.04. The molecule has 0 spiro atoms. The first-order chi connectivity index (χ1) is 9.29. The Morgan fingerprint density at radius 1 is 1.45 bits per heavy atom. The van der Waals surface area contributed by atoms with Crippen LogP contribution in [0.4, 0.5) is 13.2 Å². The number of hydrogen-bond donors (Lipinski definition) is 1. The van der Waals surface area contributed by atoms with Crippen LogP contribution in [0.3, 0.4) is 0 Å². The third kappa shape index (κ3) is 3.12. The SMILES string of the molecule is CC1C(C(=O)O)CCN1Cc1cccc(C(F)(F)F)c1. The second kappa shape index (κ2) is 5.44. The molecule has 6 heteroatoms.